The van der Waals surface area contributed by atoms with Crippen molar-refractivity contribution >= 4 is 29.1 Å². The van der Waals surface area contributed by atoms with Gasteiger partial charge in [-0.3, -0.25) is 14.4 Å². The zero-order chi connectivity index (χ0) is 25.7. The summed E-state index contributed by atoms with van der Waals surface area (Å²) in [6.07, 6.45) is 6.39. The van der Waals surface area contributed by atoms with E-state index in [0.717, 1.165) is 30.5 Å². The van der Waals surface area contributed by atoms with Gasteiger partial charge in [0.15, 0.2) is 12.2 Å². The smallest absolute Gasteiger partial charge is 0.313 e. The highest BCUT2D eigenvalue weighted by Gasteiger charge is 2.26. The molecule has 3 amide bonds. The van der Waals surface area contributed by atoms with Crippen LogP contribution in [-0.4, -0.2) is 35.4 Å². The van der Waals surface area contributed by atoms with Gasteiger partial charge in [-0.1, -0.05) is 18.6 Å². The van der Waals surface area contributed by atoms with E-state index in [2.05, 4.69) is 20.9 Å². The van der Waals surface area contributed by atoms with Crippen molar-refractivity contribution in [2.24, 2.45) is 5.92 Å². The molecule has 1 aromatic heterocycles. The van der Waals surface area contributed by atoms with Crippen molar-refractivity contribution < 1.29 is 23.5 Å². The van der Waals surface area contributed by atoms with Crippen LogP contribution in [0.25, 0.3) is 11.3 Å². The standard InChI is InChI=1S/C27H30N4O5/c1-27(2,14-17-7-9-19(10-8-17)29-24(32)18-5-4-6-18)31-26(34)25(33)30-20-11-12-21(22(13-20)35-3)23-15-28-16-36-23/h7-13,15-16,18H,4-6,14H2,1-3H3,(H,29,32)(H,30,33)(H,31,34). The first-order valence-electron chi connectivity index (χ1n) is 11.8. The number of oxazole rings is 1. The molecule has 1 saturated carbocycles. The first-order chi connectivity index (χ1) is 17.2. The van der Waals surface area contributed by atoms with E-state index in [9.17, 15) is 14.4 Å². The summed E-state index contributed by atoms with van der Waals surface area (Å²) in [6.45, 7) is 3.69. The molecule has 9 nitrogen and oxygen atoms in total. The Morgan fingerprint density at radius 3 is 2.36 bits per heavy atom. The third kappa shape index (κ3) is 6.10. The molecule has 0 aliphatic heterocycles. The number of carbonyl (C=O) groups excluding carboxylic acids is 3. The normalized spacial score (nSPS) is 13.4. The van der Waals surface area contributed by atoms with E-state index in [1.165, 1.54) is 13.5 Å². The predicted octanol–water partition coefficient (Wildman–Crippen LogP) is 4.16. The van der Waals surface area contributed by atoms with E-state index >= 15 is 0 Å². The van der Waals surface area contributed by atoms with Crippen molar-refractivity contribution in [2.75, 3.05) is 17.7 Å². The molecule has 9 heteroatoms. The number of benzene rings is 2. The zero-order valence-corrected chi connectivity index (χ0v) is 20.6. The molecular weight excluding hydrogens is 460 g/mol. The van der Waals surface area contributed by atoms with Gasteiger partial charge in [-0.25, -0.2) is 4.98 Å². The average molecular weight is 491 g/mol. The van der Waals surface area contributed by atoms with Gasteiger partial charge in [-0.15, -0.1) is 0 Å². The Labute approximate surface area is 209 Å². The Morgan fingerprint density at radius 2 is 1.75 bits per heavy atom. The van der Waals surface area contributed by atoms with Crippen LogP contribution in [0.15, 0.2) is 59.5 Å². The SMILES string of the molecule is COc1cc(NC(=O)C(=O)NC(C)(C)Cc2ccc(NC(=O)C3CCC3)cc2)ccc1-c1cnco1. The molecule has 1 heterocycles. The fraction of sp³-hybridized carbons (Fsp3) is 0.333. The van der Waals surface area contributed by atoms with E-state index < -0.39 is 17.4 Å². The van der Waals surface area contributed by atoms with Crippen LogP contribution >= 0.6 is 0 Å². The Balaban J connectivity index is 1.32. The molecule has 0 bridgehead atoms. The maximum Gasteiger partial charge on any atom is 0.313 e. The number of hydrogen-bond acceptors (Lipinski definition) is 6. The lowest BCUT2D eigenvalue weighted by molar-refractivity contribution is -0.137. The maximum atomic E-state index is 12.6. The molecule has 4 rings (SSSR count). The minimum atomic E-state index is -0.786. The van der Waals surface area contributed by atoms with E-state index in [1.807, 2.05) is 38.1 Å². The molecule has 188 valence electrons. The van der Waals surface area contributed by atoms with Crippen molar-refractivity contribution in [3.05, 3.63) is 60.6 Å². The Bertz CT molecular complexity index is 1230. The van der Waals surface area contributed by atoms with Crippen LogP contribution in [0.4, 0.5) is 11.4 Å². The van der Waals surface area contributed by atoms with Crippen LogP contribution in [0, 0.1) is 5.92 Å². The van der Waals surface area contributed by atoms with Crippen LogP contribution in [0.1, 0.15) is 38.7 Å². The summed E-state index contributed by atoms with van der Waals surface area (Å²) in [5.41, 5.74) is 2.12. The third-order valence-corrected chi connectivity index (χ3v) is 6.16. The van der Waals surface area contributed by atoms with E-state index in [0.29, 0.717) is 29.2 Å². The number of methoxy groups -OCH3 is 1. The molecule has 1 aliphatic rings. The molecule has 3 N–H and O–H groups in total. The zero-order valence-electron chi connectivity index (χ0n) is 20.6. The second-order valence-electron chi connectivity index (χ2n) is 9.56. The van der Waals surface area contributed by atoms with E-state index in [-0.39, 0.29) is 11.8 Å². The molecule has 2 aromatic carbocycles. The van der Waals surface area contributed by atoms with E-state index in [4.69, 9.17) is 9.15 Å². The highest BCUT2D eigenvalue weighted by Crippen LogP contribution is 2.32. The first kappa shape index (κ1) is 25.0. The minimum Gasteiger partial charge on any atom is -0.496 e. The topological polar surface area (TPSA) is 123 Å². The minimum absolute atomic E-state index is 0.0674. The second-order valence-corrected chi connectivity index (χ2v) is 9.56. The van der Waals surface area contributed by atoms with Crippen molar-refractivity contribution in [1.29, 1.82) is 0 Å². The number of nitrogens with one attached hydrogen (secondary N) is 3. The lowest BCUT2D eigenvalue weighted by atomic mass is 9.85. The molecular formula is C27H30N4O5. The van der Waals surface area contributed by atoms with Gasteiger partial charge in [0.1, 0.15) is 5.75 Å². The van der Waals surface area contributed by atoms with Crippen molar-refractivity contribution in [1.82, 2.24) is 10.3 Å². The lowest BCUT2D eigenvalue weighted by Crippen LogP contribution is -2.49. The molecule has 1 fully saturated rings. The van der Waals surface area contributed by atoms with Crippen LogP contribution < -0.4 is 20.7 Å². The number of carbonyl (C=O) groups is 3. The largest absolute Gasteiger partial charge is 0.496 e. The summed E-state index contributed by atoms with van der Waals surface area (Å²) < 4.78 is 10.7. The first-order valence-corrected chi connectivity index (χ1v) is 11.8. The third-order valence-electron chi connectivity index (χ3n) is 6.16. The van der Waals surface area contributed by atoms with Crippen LogP contribution in [0.5, 0.6) is 5.75 Å². The van der Waals surface area contributed by atoms with Gasteiger partial charge in [0.25, 0.3) is 0 Å². The highest BCUT2D eigenvalue weighted by atomic mass is 16.5. The molecule has 3 aromatic rings. The monoisotopic (exact) mass is 490 g/mol. The molecule has 0 radical (unpaired) electrons. The molecule has 0 spiro atoms. The molecule has 0 saturated heterocycles. The number of hydrogen-bond donors (Lipinski definition) is 3. The molecule has 1 aliphatic carbocycles. The Hall–Kier alpha value is -4.14. The van der Waals surface area contributed by atoms with Gasteiger partial charge in [0.2, 0.25) is 5.91 Å². The molecule has 0 atom stereocenters. The molecule has 36 heavy (non-hydrogen) atoms. The molecule has 0 unspecified atom stereocenters. The van der Waals surface area contributed by atoms with Gasteiger partial charge in [0, 0.05) is 28.9 Å². The Morgan fingerprint density at radius 1 is 1.03 bits per heavy atom. The fourth-order valence-electron chi connectivity index (χ4n) is 4.05. The van der Waals surface area contributed by atoms with Gasteiger partial charge in [-0.05, 0) is 62.9 Å². The van der Waals surface area contributed by atoms with E-state index in [1.54, 1.807) is 24.4 Å². The number of nitrogens with zero attached hydrogens (tertiary/aromatic N) is 1. The summed E-state index contributed by atoms with van der Waals surface area (Å²) in [4.78, 5) is 41.2. The summed E-state index contributed by atoms with van der Waals surface area (Å²) in [6, 6.07) is 12.5. The number of amides is 3. The highest BCUT2D eigenvalue weighted by molar-refractivity contribution is 6.39. The van der Waals surface area contributed by atoms with Crippen LogP contribution in [-0.2, 0) is 20.8 Å². The van der Waals surface area contributed by atoms with Gasteiger partial charge < -0.3 is 25.1 Å². The van der Waals surface area contributed by atoms with Gasteiger partial charge in [0.05, 0.1) is 18.9 Å². The summed E-state index contributed by atoms with van der Waals surface area (Å²) in [7, 11) is 1.50. The average Bonchev–Trinajstić information content (AvgIpc) is 3.33. The number of anilines is 2. The van der Waals surface area contributed by atoms with Gasteiger partial charge >= 0.3 is 11.8 Å². The van der Waals surface area contributed by atoms with Crippen LogP contribution in [0.3, 0.4) is 0 Å². The number of rotatable bonds is 8. The Kier molecular flexibility index (Phi) is 7.38. The maximum absolute atomic E-state index is 12.6. The predicted molar refractivity (Wildman–Crippen MR) is 135 cm³/mol. The summed E-state index contributed by atoms with van der Waals surface area (Å²) in [5.74, 6) is -0.347. The van der Waals surface area contributed by atoms with Crippen LogP contribution in [0.2, 0.25) is 0 Å². The van der Waals surface area contributed by atoms with Gasteiger partial charge in [-0.2, -0.15) is 0 Å². The quantitative estimate of drug-likeness (QED) is 0.408. The van der Waals surface area contributed by atoms with Crippen molar-refractivity contribution in [2.45, 2.75) is 45.1 Å². The fourth-order valence-corrected chi connectivity index (χ4v) is 4.05. The second kappa shape index (κ2) is 10.6. The summed E-state index contributed by atoms with van der Waals surface area (Å²) >= 11 is 0. The van der Waals surface area contributed by atoms with Crippen molar-refractivity contribution in [3.63, 3.8) is 0 Å². The number of aromatic nitrogens is 1. The summed E-state index contributed by atoms with van der Waals surface area (Å²) in [5, 5.41) is 8.34. The lowest BCUT2D eigenvalue weighted by Gasteiger charge is -2.26. The number of ether oxygens (including phenoxy) is 1. The van der Waals surface area contributed by atoms with Crippen molar-refractivity contribution in [3.8, 4) is 17.1 Å².